The van der Waals surface area contributed by atoms with Gasteiger partial charge in [0.25, 0.3) is 0 Å². The smallest absolute Gasteiger partial charge is 0.326 e. The minimum absolute atomic E-state index is 0.174. The third kappa shape index (κ3) is 4.09. The van der Waals surface area contributed by atoms with Crippen molar-refractivity contribution in [2.24, 2.45) is 5.73 Å². The summed E-state index contributed by atoms with van der Waals surface area (Å²) in [6.45, 7) is 1.99. The summed E-state index contributed by atoms with van der Waals surface area (Å²) >= 11 is 12.5. The number of halogens is 2. The second-order valence-corrected chi connectivity index (χ2v) is 7.57. The van der Waals surface area contributed by atoms with Crippen molar-refractivity contribution < 1.29 is 14.7 Å². The van der Waals surface area contributed by atoms with Crippen LogP contribution in [0.1, 0.15) is 30.5 Å². The predicted molar refractivity (Wildman–Crippen MR) is 111 cm³/mol. The average molecular weight is 422 g/mol. The Bertz CT molecular complexity index is 902. The second kappa shape index (κ2) is 8.39. The molecule has 0 saturated carbocycles. The summed E-state index contributed by atoms with van der Waals surface area (Å²) in [6, 6.07) is 9.33. The summed E-state index contributed by atoms with van der Waals surface area (Å²) in [5.41, 5.74) is 8.51. The van der Waals surface area contributed by atoms with E-state index < -0.39 is 18.1 Å². The van der Waals surface area contributed by atoms with Gasteiger partial charge in [0.2, 0.25) is 5.91 Å². The molecule has 2 atom stereocenters. The van der Waals surface area contributed by atoms with Crippen molar-refractivity contribution in [3.8, 4) is 0 Å². The van der Waals surface area contributed by atoms with E-state index in [2.05, 4.69) is 5.32 Å². The molecular weight excluding hydrogens is 401 g/mol. The number of hydrogen-bond acceptors (Lipinski definition) is 4. The number of benzene rings is 2. The number of aliphatic carboxylic acids is 1. The third-order valence-corrected chi connectivity index (χ3v) is 5.34. The Labute approximate surface area is 173 Å². The van der Waals surface area contributed by atoms with Gasteiger partial charge in [-0.25, -0.2) is 4.79 Å². The molecule has 0 saturated heterocycles. The molecule has 1 heterocycles. The van der Waals surface area contributed by atoms with Crippen LogP contribution in [0, 0.1) is 0 Å². The van der Waals surface area contributed by atoms with Crippen molar-refractivity contribution in [2.75, 3.05) is 16.8 Å². The number of amides is 1. The van der Waals surface area contributed by atoms with Gasteiger partial charge in [-0.05, 0) is 42.8 Å². The van der Waals surface area contributed by atoms with Crippen LogP contribution in [-0.4, -0.2) is 29.6 Å². The predicted octanol–water partition coefficient (Wildman–Crippen LogP) is 3.86. The van der Waals surface area contributed by atoms with E-state index in [4.69, 9.17) is 28.9 Å². The minimum atomic E-state index is -1.01. The Hall–Kier alpha value is -2.28. The van der Waals surface area contributed by atoms with E-state index in [9.17, 15) is 14.7 Å². The van der Waals surface area contributed by atoms with Gasteiger partial charge in [-0.1, -0.05) is 35.3 Å². The highest BCUT2D eigenvalue weighted by Gasteiger charge is 2.37. The Morgan fingerprint density at radius 1 is 1.25 bits per heavy atom. The number of nitrogens with two attached hydrogens (primary N) is 1. The van der Waals surface area contributed by atoms with Crippen LogP contribution in [0.15, 0.2) is 36.4 Å². The zero-order valence-corrected chi connectivity index (χ0v) is 16.8. The average Bonchev–Trinajstić information content (AvgIpc) is 2.62. The zero-order valence-electron chi connectivity index (χ0n) is 15.3. The molecule has 0 radical (unpaired) electrons. The van der Waals surface area contributed by atoms with E-state index in [1.165, 1.54) is 6.92 Å². The summed E-state index contributed by atoms with van der Waals surface area (Å²) in [5, 5.41) is 13.3. The van der Waals surface area contributed by atoms with E-state index in [0.717, 1.165) is 12.0 Å². The largest absolute Gasteiger partial charge is 0.480 e. The van der Waals surface area contributed by atoms with Gasteiger partial charge in [-0.3, -0.25) is 4.79 Å². The Morgan fingerprint density at radius 2 is 1.93 bits per heavy atom. The molecule has 0 spiro atoms. The van der Waals surface area contributed by atoms with Crippen LogP contribution in [0.25, 0.3) is 0 Å². The lowest BCUT2D eigenvalue weighted by Crippen LogP contribution is -2.43. The third-order valence-electron chi connectivity index (χ3n) is 4.81. The van der Waals surface area contributed by atoms with Crippen LogP contribution in [0.2, 0.25) is 10.0 Å². The first-order chi connectivity index (χ1) is 13.3. The van der Waals surface area contributed by atoms with Crippen LogP contribution in [-0.2, 0) is 16.0 Å². The molecule has 0 aliphatic carbocycles. The number of hydrogen-bond donors (Lipinski definition) is 3. The number of nitrogens with zero attached hydrogens (tertiary/aromatic N) is 1. The molecule has 8 heteroatoms. The van der Waals surface area contributed by atoms with Crippen molar-refractivity contribution in [3.05, 3.63) is 57.6 Å². The van der Waals surface area contributed by atoms with Crippen molar-refractivity contribution in [1.29, 1.82) is 0 Å². The summed E-state index contributed by atoms with van der Waals surface area (Å²) in [5.74, 6) is -1.21. The summed E-state index contributed by atoms with van der Waals surface area (Å²) in [6.07, 6.45) is 0.912. The number of carbonyl (C=O) groups excluding carboxylic acids is 1. The fourth-order valence-corrected chi connectivity index (χ4v) is 4.22. The SMILES string of the molecule is CC(=O)N(c1ccc(CCN)cc1)[C@@H]1C[C@@H](C(=O)O)Nc2cc(Cl)cc(Cl)c21. The van der Waals surface area contributed by atoms with Gasteiger partial charge in [-0.2, -0.15) is 0 Å². The van der Waals surface area contributed by atoms with E-state index in [1.54, 1.807) is 17.0 Å². The number of carboxylic acids is 1. The van der Waals surface area contributed by atoms with E-state index >= 15 is 0 Å². The van der Waals surface area contributed by atoms with Gasteiger partial charge in [0.05, 0.1) is 6.04 Å². The molecular formula is C20H21Cl2N3O3. The van der Waals surface area contributed by atoms with Gasteiger partial charge in [0.1, 0.15) is 6.04 Å². The molecule has 0 unspecified atom stereocenters. The molecule has 1 aliphatic heterocycles. The number of anilines is 2. The lowest BCUT2D eigenvalue weighted by atomic mass is 9.91. The molecule has 3 rings (SSSR count). The Morgan fingerprint density at radius 3 is 2.50 bits per heavy atom. The molecule has 1 aliphatic rings. The number of fused-ring (bicyclic) bond motifs is 1. The Kier molecular flexibility index (Phi) is 6.13. The lowest BCUT2D eigenvalue weighted by molar-refractivity contribution is -0.138. The fraction of sp³-hybridized carbons (Fsp3) is 0.300. The van der Waals surface area contributed by atoms with Gasteiger partial charge < -0.3 is 21.1 Å². The van der Waals surface area contributed by atoms with E-state index in [0.29, 0.717) is 33.5 Å². The molecule has 1 amide bonds. The first-order valence-electron chi connectivity index (χ1n) is 8.89. The first kappa shape index (κ1) is 20.5. The van der Waals surface area contributed by atoms with Crippen molar-refractivity contribution in [1.82, 2.24) is 0 Å². The molecule has 6 nitrogen and oxygen atoms in total. The standard InChI is InChI=1S/C20H21Cl2N3O3/c1-11(26)25(14-4-2-12(3-5-14)6-7-23)18-10-17(20(27)28)24-16-9-13(21)8-15(22)19(16)18/h2-5,8-9,17-18,24H,6-7,10,23H2,1H3,(H,27,28)/t17-,18+/m0/s1. The second-order valence-electron chi connectivity index (χ2n) is 6.73. The number of rotatable bonds is 5. The molecule has 2 aromatic carbocycles. The maximum atomic E-state index is 12.6. The molecule has 28 heavy (non-hydrogen) atoms. The normalized spacial score (nSPS) is 18.1. The van der Waals surface area contributed by atoms with Gasteiger partial charge in [0, 0.05) is 40.3 Å². The molecule has 0 aromatic heterocycles. The lowest BCUT2D eigenvalue weighted by Gasteiger charge is -2.38. The summed E-state index contributed by atoms with van der Waals surface area (Å²) in [4.78, 5) is 25.9. The van der Waals surface area contributed by atoms with Gasteiger partial charge >= 0.3 is 5.97 Å². The van der Waals surface area contributed by atoms with E-state index in [1.807, 2.05) is 24.3 Å². The van der Waals surface area contributed by atoms with Crippen LogP contribution in [0.5, 0.6) is 0 Å². The molecule has 2 aromatic rings. The molecule has 4 N–H and O–H groups in total. The van der Waals surface area contributed by atoms with Crippen molar-refractivity contribution in [2.45, 2.75) is 31.8 Å². The zero-order chi connectivity index (χ0) is 20.4. The van der Waals surface area contributed by atoms with E-state index in [-0.39, 0.29) is 12.3 Å². The van der Waals surface area contributed by atoms with Crippen LogP contribution >= 0.6 is 23.2 Å². The maximum Gasteiger partial charge on any atom is 0.326 e. The monoisotopic (exact) mass is 421 g/mol. The summed E-state index contributed by atoms with van der Waals surface area (Å²) < 4.78 is 0. The number of carbonyl (C=O) groups is 2. The van der Waals surface area contributed by atoms with Gasteiger partial charge in [0.15, 0.2) is 0 Å². The highest BCUT2D eigenvalue weighted by atomic mass is 35.5. The highest BCUT2D eigenvalue weighted by Crippen LogP contribution is 2.44. The van der Waals surface area contributed by atoms with Gasteiger partial charge in [-0.15, -0.1) is 0 Å². The Balaban J connectivity index is 2.09. The maximum absolute atomic E-state index is 12.6. The van der Waals surface area contributed by atoms with Crippen LogP contribution in [0.4, 0.5) is 11.4 Å². The molecule has 0 fully saturated rings. The first-order valence-corrected chi connectivity index (χ1v) is 9.64. The van der Waals surface area contributed by atoms with Crippen LogP contribution < -0.4 is 16.0 Å². The molecule has 0 bridgehead atoms. The summed E-state index contributed by atoms with van der Waals surface area (Å²) in [7, 11) is 0. The quantitative estimate of drug-likeness (QED) is 0.680. The molecule has 148 valence electrons. The fourth-order valence-electron chi connectivity index (χ4n) is 3.60. The number of nitrogens with one attached hydrogen (secondary N) is 1. The van der Waals surface area contributed by atoms with Crippen molar-refractivity contribution >= 4 is 46.5 Å². The van der Waals surface area contributed by atoms with Crippen LogP contribution in [0.3, 0.4) is 0 Å². The number of carboxylic acid groups (broad SMARTS) is 1. The highest BCUT2D eigenvalue weighted by molar-refractivity contribution is 6.35. The van der Waals surface area contributed by atoms with Crippen molar-refractivity contribution in [3.63, 3.8) is 0 Å². The minimum Gasteiger partial charge on any atom is -0.480 e. The topological polar surface area (TPSA) is 95.7 Å².